The van der Waals surface area contributed by atoms with Gasteiger partial charge in [0.25, 0.3) is 0 Å². The molecule has 0 N–H and O–H groups in total. The molecule has 0 aliphatic carbocycles. The quantitative estimate of drug-likeness (QED) is 0.719. The van der Waals surface area contributed by atoms with E-state index in [-0.39, 0.29) is 51.4 Å². The van der Waals surface area contributed by atoms with E-state index in [1.807, 2.05) is 5.38 Å². The summed E-state index contributed by atoms with van der Waals surface area (Å²) in [5.41, 5.74) is 0.450. The van der Waals surface area contributed by atoms with Crippen molar-refractivity contribution in [3.63, 3.8) is 0 Å². The Morgan fingerprint density at radius 3 is 2.50 bits per heavy atom. The Bertz CT molecular complexity index is 591. The molecule has 0 bridgehead atoms. The molecule has 0 unspecified atom stereocenters. The molecule has 1 aromatic carbocycles. The van der Waals surface area contributed by atoms with Crippen molar-refractivity contribution < 1.29 is 64.6 Å². The Balaban J connectivity index is 0.00000147. The SMILES string of the molecule is FC(F)(F)c1ccc2c(N3CC[N-]CC3)csc2c1.[K+]. The molecule has 0 spiro atoms. The van der Waals surface area contributed by atoms with Crippen LogP contribution in [0.2, 0.25) is 0 Å². The van der Waals surface area contributed by atoms with E-state index in [0.29, 0.717) is 4.70 Å². The standard InChI is InChI=1S/C13H12F3N2S.K/c14-13(15,16)9-1-2-10-11(8-19-12(10)7-9)18-5-3-17-4-6-18;/h1-2,7-8H,3-6H2;/q-1;+1. The first kappa shape index (κ1) is 16.7. The van der Waals surface area contributed by atoms with Crippen molar-refractivity contribution in [2.75, 3.05) is 31.1 Å². The van der Waals surface area contributed by atoms with Crippen LogP contribution in [0, 0.1) is 0 Å². The van der Waals surface area contributed by atoms with Gasteiger partial charge in [-0.1, -0.05) is 6.07 Å². The minimum atomic E-state index is -4.28. The minimum absolute atomic E-state index is 0. The number of hydrogen-bond acceptors (Lipinski definition) is 2. The molecule has 1 aliphatic heterocycles. The molecule has 102 valence electrons. The van der Waals surface area contributed by atoms with Crippen LogP contribution in [0.5, 0.6) is 0 Å². The number of nitrogens with zero attached hydrogens (tertiary/aromatic N) is 2. The summed E-state index contributed by atoms with van der Waals surface area (Å²) < 4.78 is 38.7. The number of halogens is 3. The molecule has 7 heteroatoms. The Morgan fingerprint density at radius 1 is 1.15 bits per heavy atom. The third-order valence-electron chi connectivity index (χ3n) is 3.28. The molecule has 1 aliphatic rings. The molecular formula is C13H12F3KN2S. The molecule has 1 fully saturated rings. The molecule has 0 radical (unpaired) electrons. The molecule has 1 saturated heterocycles. The van der Waals surface area contributed by atoms with Crippen LogP contribution in [0.3, 0.4) is 0 Å². The van der Waals surface area contributed by atoms with Crippen LogP contribution in [0.1, 0.15) is 5.56 Å². The van der Waals surface area contributed by atoms with Gasteiger partial charge >= 0.3 is 57.6 Å². The van der Waals surface area contributed by atoms with Gasteiger partial charge in [-0.15, -0.1) is 24.4 Å². The van der Waals surface area contributed by atoms with Gasteiger partial charge in [0.1, 0.15) is 0 Å². The van der Waals surface area contributed by atoms with Gasteiger partial charge in [-0.05, 0) is 25.2 Å². The third kappa shape index (κ3) is 3.40. The van der Waals surface area contributed by atoms with Gasteiger partial charge < -0.3 is 10.2 Å². The fourth-order valence-corrected chi connectivity index (χ4v) is 3.29. The first-order valence-corrected chi connectivity index (χ1v) is 6.90. The van der Waals surface area contributed by atoms with Crippen molar-refractivity contribution in [2.45, 2.75) is 6.18 Å². The van der Waals surface area contributed by atoms with Crippen molar-refractivity contribution >= 4 is 27.1 Å². The summed E-state index contributed by atoms with van der Waals surface area (Å²) in [6.07, 6.45) is -4.28. The van der Waals surface area contributed by atoms with Crippen molar-refractivity contribution in [3.05, 3.63) is 34.5 Å². The summed E-state index contributed by atoms with van der Waals surface area (Å²) in [6.45, 7) is 3.26. The average molecular weight is 324 g/mol. The molecule has 2 heterocycles. The second-order valence-corrected chi connectivity index (χ2v) is 5.40. The van der Waals surface area contributed by atoms with E-state index in [0.717, 1.165) is 43.3 Å². The maximum absolute atomic E-state index is 12.7. The molecule has 0 saturated carbocycles. The van der Waals surface area contributed by atoms with E-state index in [4.69, 9.17) is 0 Å². The largest absolute Gasteiger partial charge is 1.00 e. The van der Waals surface area contributed by atoms with E-state index in [1.165, 1.54) is 17.4 Å². The number of piperazine rings is 1. The summed E-state index contributed by atoms with van der Waals surface area (Å²) in [5.74, 6) is 0. The maximum Gasteiger partial charge on any atom is 1.00 e. The van der Waals surface area contributed by atoms with Gasteiger partial charge in [-0.25, -0.2) is 0 Å². The normalized spacial score (nSPS) is 16.2. The number of rotatable bonds is 1. The third-order valence-corrected chi connectivity index (χ3v) is 4.21. The van der Waals surface area contributed by atoms with Crippen molar-refractivity contribution in [1.82, 2.24) is 0 Å². The van der Waals surface area contributed by atoms with Crippen LogP contribution in [-0.2, 0) is 6.18 Å². The van der Waals surface area contributed by atoms with E-state index in [9.17, 15) is 13.2 Å². The Hall–Kier alpha value is 0.366. The second-order valence-electron chi connectivity index (χ2n) is 4.49. The Kier molecular flexibility index (Phi) is 5.56. The van der Waals surface area contributed by atoms with Gasteiger partial charge in [0, 0.05) is 15.5 Å². The van der Waals surface area contributed by atoms with Gasteiger partial charge in [-0.3, -0.25) is 0 Å². The van der Waals surface area contributed by atoms with Crippen LogP contribution < -0.4 is 56.3 Å². The molecule has 0 amide bonds. The topological polar surface area (TPSA) is 17.3 Å². The van der Waals surface area contributed by atoms with Gasteiger partial charge in [0.05, 0.1) is 11.3 Å². The monoisotopic (exact) mass is 324 g/mol. The molecule has 2 nitrogen and oxygen atoms in total. The van der Waals surface area contributed by atoms with Gasteiger partial charge in [0.2, 0.25) is 0 Å². The van der Waals surface area contributed by atoms with E-state index in [1.54, 1.807) is 6.07 Å². The van der Waals surface area contributed by atoms with E-state index >= 15 is 0 Å². The zero-order chi connectivity index (χ0) is 13.5. The summed E-state index contributed by atoms with van der Waals surface area (Å²) in [7, 11) is 0. The van der Waals surface area contributed by atoms with E-state index in [2.05, 4.69) is 10.2 Å². The van der Waals surface area contributed by atoms with Crippen LogP contribution in [-0.4, -0.2) is 26.2 Å². The first-order chi connectivity index (χ1) is 9.05. The number of thiophene rings is 1. The molecule has 1 aromatic heterocycles. The molecule has 2 aromatic rings. The molecule has 20 heavy (non-hydrogen) atoms. The molecule has 3 rings (SSSR count). The predicted molar refractivity (Wildman–Crippen MR) is 72.1 cm³/mol. The zero-order valence-corrected chi connectivity index (χ0v) is 15.0. The number of fused-ring (bicyclic) bond motifs is 1. The van der Waals surface area contributed by atoms with Gasteiger partial charge in [-0.2, -0.15) is 13.2 Å². The molecular weight excluding hydrogens is 312 g/mol. The summed E-state index contributed by atoms with van der Waals surface area (Å²) in [4.78, 5) is 2.19. The summed E-state index contributed by atoms with van der Waals surface area (Å²) in [6, 6.07) is 3.97. The fourth-order valence-electron chi connectivity index (χ4n) is 2.28. The van der Waals surface area contributed by atoms with Crippen molar-refractivity contribution in [3.8, 4) is 0 Å². The Morgan fingerprint density at radius 2 is 1.85 bits per heavy atom. The first-order valence-electron chi connectivity index (χ1n) is 6.02. The van der Waals surface area contributed by atoms with Gasteiger partial charge in [0.15, 0.2) is 0 Å². The number of anilines is 1. The number of alkyl halides is 3. The molecule has 0 atom stereocenters. The van der Waals surface area contributed by atoms with Crippen LogP contribution in [0.15, 0.2) is 23.6 Å². The zero-order valence-electron chi connectivity index (χ0n) is 11.1. The fraction of sp³-hybridized carbons (Fsp3) is 0.385. The number of benzene rings is 1. The maximum atomic E-state index is 12.7. The predicted octanol–water partition coefficient (Wildman–Crippen LogP) is 1.12. The smallest absolute Gasteiger partial charge is 0.659 e. The van der Waals surface area contributed by atoms with Crippen LogP contribution in [0.4, 0.5) is 18.9 Å². The van der Waals surface area contributed by atoms with Crippen molar-refractivity contribution in [2.24, 2.45) is 0 Å². The second kappa shape index (κ2) is 6.64. The van der Waals surface area contributed by atoms with Crippen LogP contribution >= 0.6 is 11.3 Å². The van der Waals surface area contributed by atoms with E-state index < -0.39 is 11.7 Å². The Labute approximate surface area is 161 Å². The summed E-state index contributed by atoms with van der Waals surface area (Å²) >= 11 is 1.37. The average Bonchev–Trinajstić information content (AvgIpc) is 2.81. The number of hydrogen-bond donors (Lipinski definition) is 0. The summed E-state index contributed by atoms with van der Waals surface area (Å²) in [5, 5.41) is 7.12. The van der Waals surface area contributed by atoms with Crippen molar-refractivity contribution in [1.29, 1.82) is 0 Å². The minimum Gasteiger partial charge on any atom is -0.659 e. The van der Waals surface area contributed by atoms with Crippen LogP contribution in [0.25, 0.3) is 15.4 Å².